The fourth-order valence-corrected chi connectivity index (χ4v) is 3.33. The van der Waals surface area contributed by atoms with Crippen molar-refractivity contribution in [3.8, 4) is 0 Å². The van der Waals surface area contributed by atoms with Crippen LogP contribution in [0.3, 0.4) is 0 Å². The molecule has 1 aliphatic rings. The molecule has 1 rings (SSSR count). The molecule has 1 fully saturated rings. The van der Waals surface area contributed by atoms with Gasteiger partial charge in [0, 0.05) is 20.0 Å². The topological polar surface area (TPSA) is 217 Å². The van der Waals surface area contributed by atoms with Gasteiger partial charge in [0.15, 0.2) is 0 Å². The molecule has 0 saturated carbocycles. The largest absolute Gasteiger partial charge is 0.394 e. The average Bonchev–Trinajstić information content (AvgIpc) is 2.72. The summed E-state index contributed by atoms with van der Waals surface area (Å²) in [5.74, 6) is -3.55. The molecule has 1 unspecified atom stereocenters. The highest BCUT2D eigenvalue weighted by atomic mass is 16.3. The van der Waals surface area contributed by atoms with Gasteiger partial charge >= 0.3 is 0 Å². The van der Waals surface area contributed by atoms with Crippen LogP contribution in [0, 0.1) is 0 Å². The summed E-state index contributed by atoms with van der Waals surface area (Å²) in [5.41, 5.74) is 11.2. The number of hydrogen-bond donors (Lipinski definition) is 7. The summed E-state index contributed by atoms with van der Waals surface area (Å²) in [6.07, 6.45) is -0.174. The molecule has 0 radical (unpaired) electrons. The number of carbonyl (C=O) groups excluding carboxylic acids is 5. The molecular formula is C19H34N6O7. The maximum atomic E-state index is 12.7. The van der Waals surface area contributed by atoms with E-state index < -0.39 is 60.5 Å². The summed E-state index contributed by atoms with van der Waals surface area (Å²) in [6, 6.07) is -5.00. The molecule has 0 aromatic carbocycles. The van der Waals surface area contributed by atoms with E-state index in [1.54, 1.807) is 0 Å². The molecule has 0 bridgehead atoms. The lowest BCUT2D eigenvalue weighted by atomic mass is 10.1. The van der Waals surface area contributed by atoms with Crippen LogP contribution >= 0.6 is 0 Å². The molecule has 1 heterocycles. The lowest BCUT2D eigenvalue weighted by Crippen LogP contribution is -2.61. The Balaban J connectivity index is 3.13. The maximum absolute atomic E-state index is 12.7. The minimum absolute atomic E-state index is 0.0150. The molecule has 1 saturated heterocycles. The first kappa shape index (κ1) is 27.3. The van der Waals surface area contributed by atoms with Crippen LogP contribution in [0.1, 0.15) is 39.0 Å². The van der Waals surface area contributed by atoms with E-state index >= 15 is 0 Å². The van der Waals surface area contributed by atoms with Crippen molar-refractivity contribution in [1.29, 1.82) is 0 Å². The van der Waals surface area contributed by atoms with Gasteiger partial charge in [-0.3, -0.25) is 24.0 Å². The summed E-state index contributed by atoms with van der Waals surface area (Å²) in [6.45, 7) is 0.801. The van der Waals surface area contributed by atoms with Crippen molar-refractivity contribution < 1.29 is 34.2 Å². The van der Waals surface area contributed by atoms with E-state index in [0.717, 1.165) is 4.90 Å². The van der Waals surface area contributed by atoms with Crippen LogP contribution in [0.15, 0.2) is 0 Å². The molecule has 0 aromatic heterocycles. The monoisotopic (exact) mass is 458 g/mol. The molecule has 1 aliphatic heterocycles. The predicted molar refractivity (Wildman–Crippen MR) is 112 cm³/mol. The van der Waals surface area contributed by atoms with Gasteiger partial charge in [-0.15, -0.1) is 0 Å². The summed E-state index contributed by atoms with van der Waals surface area (Å²) in [7, 11) is 1.26. The zero-order valence-electron chi connectivity index (χ0n) is 18.4. The Kier molecular flexibility index (Phi) is 11.0. The number of aliphatic hydroxyl groups is 2. The Bertz CT molecular complexity index is 702. The Labute approximate surface area is 186 Å². The molecule has 0 aliphatic carbocycles. The van der Waals surface area contributed by atoms with Crippen LogP contribution in [0.4, 0.5) is 0 Å². The van der Waals surface area contributed by atoms with Gasteiger partial charge < -0.3 is 42.5 Å². The highest BCUT2D eigenvalue weighted by Gasteiger charge is 2.35. The van der Waals surface area contributed by atoms with Crippen molar-refractivity contribution in [3.05, 3.63) is 0 Å². The number of aliphatic hydroxyl groups excluding tert-OH is 2. The third-order valence-electron chi connectivity index (χ3n) is 5.21. The number of carbonyl (C=O) groups is 5. The molecule has 0 aromatic rings. The first-order valence-electron chi connectivity index (χ1n) is 10.5. The van der Waals surface area contributed by atoms with Gasteiger partial charge in [-0.05, 0) is 32.6 Å². The van der Waals surface area contributed by atoms with Gasteiger partial charge in [0.25, 0.3) is 0 Å². The van der Waals surface area contributed by atoms with Crippen molar-refractivity contribution in [2.24, 2.45) is 11.5 Å². The second kappa shape index (κ2) is 12.9. The quantitative estimate of drug-likeness (QED) is 0.221. The number of likely N-dealkylation sites (N-methyl/N-ethyl adjacent to an activating group) is 1. The summed E-state index contributed by atoms with van der Waals surface area (Å²) in [5, 5.41) is 27.0. The Hall–Kier alpha value is -2.77. The average molecular weight is 459 g/mol. The molecule has 13 heteroatoms. The zero-order chi connectivity index (χ0) is 24.4. The number of primary amides is 1. The van der Waals surface area contributed by atoms with Gasteiger partial charge in [0.2, 0.25) is 29.5 Å². The van der Waals surface area contributed by atoms with Gasteiger partial charge in [-0.25, -0.2) is 0 Å². The van der Waals surface area contributed by atoms with Crippen LogP contribution in [0.5, 0.6) is 0 Å². The van der Waals surface area contributed by atoms with Crippen LogP contribution in [-0.4, -0.2) is 95.1 Å². The van der Waals surface area contributed by atoms with E-state index in [4.69, 9.17) is 11.5 Å². The third-order valence-corrected chi connectivity index (χ3v) is 5.21. The van der Waals surface area contributed by atoms with E-state index in [2.05, 4.69) is 16.0 Å². The number of amides is 5. The smallest absolute Gasteiger partial charge is 0.246 e. The second-order valence-corrected chi connectivity index (χ2v) is 7.83. The van der Waals surface area contributed by atoms with Crippen LogP contribution in [0.2, 0.25) is 0 Å². The van der Waals surface area contributed by atoms with Crippen LogP contribution in [0.25, 0.3) is 0 Å². The first-order valence-corrected chi connectivity index (χ1v) is 10.5. The van der Waals surface area contributed by atoms with Crippen molar-refractivity contribution in [1.82, 2.24) is 20.9 Å². The number of hydrogen-bond acceptors (Lipinski definition) is 8. The van der Waals surface area contributed by atoms with E-state index in [-0.39, 0.29) is 25.2 Å². The van der Waals surface area contributed by atoms with Crippen molar-refractivity contribution in [3.63, 3.8) is 0 Å². The fourth-order valence-electron chi connectivity index (χ4n) is 3.33. The van der Waals surface area contributed by atoms with Gasteiger partial charge in [0.1, 0.15) is 18.1 Å². The Morgan fingerprint density at radius 2 is 1.81 bits per heavy atom. The summed E-state index contributed by atoms with van der Waals surface area (Å²) < 4.78 is 0. The highest BCUT2D eigenvalue weighted by Crippen LogP contribution is 2.09. The van der Waals surface area contributed by atoms with Crippen molar-refractivity contribution >= 4 is 29.5 Å². The van der Waals surface area contributed by atoms with E-state index in [1.165, 1.54) is 14.0 Å². The van der Waals surface area contributed by atoms with Crippen LogP contribution < -0.4 is 27.4 Å². The molecule has 32 heavy (non-hydrogen) atoms. The standard InChI is InChI=1S/C19H34N6O7/c1-10(27)15-18(31)24-13(9-26)17(30)23-12(16(21)29)5-3-4-8-22-14(28)7-6-11(20)19(32)25(15)2/h10-13,15,26-27H,3-9,20H2,1-2H3,(H2,21,29)(H,22,28)(H,23,30)(H,24,31)/t10?,11-,12-,13-,15-/m0/s1. The Morgan fingerprint density at radius 3 is 2.38 bits per heavy atom. The molecular weight excluding hydrogens is 424 g/mol. The molecule has 0 spiro atoms. The number of nitrogens with one attached hydrogen (secondary N) is 3. The molecule has 5 amide bonds. The molecule has 13 nitrogen and oxygen atoms in total. The minimum atomic E-state index is -1.44. The fraction of sp³-hybridized carbons (Fsp3) is 0.737. The first-order chi connectivity index (χ1) is 15.0. The summed E-state index contributed by atoms with van der Waals surface area (Å²) in [4.78, 5) is 62.5. The lowest BCUT2D eigenvalue weighted by Gasteiger charge is -2.32. The third kappa shape index (κ3) is 8.05. The minimum Gasteiger partial charge on any atom is -0.394 e. The summed E-state index contributed by atoms with van der Waals surface area (Å²) >= 11 is 0. The van der Waals surface area contributed by atoms with Gasteiger partial charge in [-0.2, -0.15) is 0 Å². The van der Waals surface area contributed by atoms with Gasteiger partial charge in [0.05, 0.1) is 18.8 Å². The zero-order valence-corrected chi connectivity index (χ0v) is 18.4. The number of nitrogens with two attached hydrogens (primary N) is 2. The molecule has 9 N–H and O–H groups in total. The van der Waals surface area contributed by atoms with E-state index in [0.29, 0.717) is 19.4 Å². The second-order valence-electron chi connectivity index (χ2n) is 7.83. The van der Waals surface area contributed by atoms with Crippen LogP contribution in [-0.2, 0) is 24.0 Å². The van der Waals surface area contributed by atoms with Gasteiger partial charge in [-0.1, -0.05) is 0 Å². The number of nitrogens with zero attached hydrogens (tertiary/aromatic N) is 1. The highest BCUT2D eigenvalue weighted by molar-refractivity contribution is 5.95. The lowest BCUT2D eigenvalue weighted by molar-refractivity contribution is -0.145. The SMILES string of the molecule is CC(O)[C@H]1C(=O)N[C@@H](CO)C(=O)N[C@H](C(N)=O)CCCCNC(=O)CC[C@H](N)C(=O)N1C. The molecule has 182 valence electrons. The van der Waals surface area contributed by atoms with Crippen molar-refractivity contribution in [2.75, 3.05) is 20.2 Å². The van der Waals surface area contributed by atoms with E-state index in [1.807, 2.05) is 0 Å². The predicted octanol–water partition coefficient (Wildman–Crippen LogP) is -3.95. The number of rotatable bonds is 3. The normalized spacial score (nSPS) is 28.6. The maximum Gasteiger partial charge on any atom is 0.246 e. The van der Waals surface area contributed by atoms with Crippen molar-refractivity contribution in [2.45, 2.75) is 69.3 Å². The van der Waals surface area contributed by atoms with E-state index in [9.17, 15) is 34.2 Å². The molecule has 5 atom stereocenters. The Morgan fingerprint density at radius 1 is 1.16 bits per heavy atom.